The molecule has 0 aliphatic heterocycles. The van der Waals surface area contributed by atoms with E-state index < -0.39 is 0 Å². The SMILES string of the molecule is CCn1cccc1CNCc1ccnc(C)n1. The first kappa shape index (κ1) is 11.8. The third kappa shape index (κ3) is 3.14. The van der Waals surface area contributed by atoms with Gasteiger partial charge in [0.1, 0.15) is 5.82 Å². The van der Waals surface area contributed by atoms with Gasteiger partial charge in [0.05, 0.1) is 5.69 Å². The third-order valence-corrected chi connectivity index (χ3v) is 2.71. The predicted molar refractivity (Wildman–Crippen MR) is 67.4 cm³/mol. The lowest BCUT2D eigenvalue weighted by atomic mass is 10.3. The molecule has 2 aromatic heterocycles. The molecule has 0 amide bonds. The molecule has 0 atom stereocenters. The van der Waals surface area contributed by atoms with Crippen LogP contribution in [0.2, 0.25) is 0 Å². The summed E-state index contributed by atoms with van der Waals surface area (Å²) in [5, 5.41) is 3.39. The van der Waals surface area contributed by atoms with Crippen LogP contribution in [0.15, 0.2) is 30.6 Å². The Morgan fingerprint density at radius 2 is 2.18 bits per heavy atom. The van der Waals surface area contributed by atoms with E-state index in [1.807, 2.05) is 13.0 Å². The van der Waals surface area contributed by atoms with E-state index in [0.29, 0.717) is 0 Å². The number of nitrogens with zero attached hydrogens (tertiary/aromatic N) is 3. The molecule has 0 spiro atoms. The Labute approximate surface area is 102 Å². The van der Waals surface area contributed by atoms with Crippen molar-refractivity contribution in [3.63, 3.8) is 0 Å². The van der Waals surface area contributed by atoms with E-state index >= 15 is 0 Å². The molecule has 0 radical (unpaired) electrons. The number of nitrogens with one attached hydrogen (secondary N) is 1. The molecular formula is C13H18N4. The van der Waals surface area contributed by atoms with Crippen molar-refractivity contribution in [1.29, 1.82) is 0 Å². The summed E-state index contributed by atoms with van der Waals surface area (Å²) in [5.41, 5.74) is 2.34. The van der Waals surface area contributed by atoms with Crippen LogP contribution in [-0.4, -0.2) is 14.5 Å². The first-order valence-electron chi connectivity index (χ1n) is 5.93. The summed E-state index contributed by atoms with van der Waals surface area (Å²) in [6, 6.07) is 6.16. The molecule has 0 aliphatic rings. The van der Waals surface area contributed by atoms with Crippen molar-refractivity contribution < 1.29 is 0 Å². The number of aromatic nitrogens is 3. The zero-order chi connectivity index (χ0) is 12.1. The van der Waals surface area contributed by atoms with Gasteiger partial charge in [-0.15, -0.1) is 0 Å². The van der Waals surface area contributed by atoms with Gasteiger partial charge in [0.15, 0.2) is 0 Å². The van der Waals surface area contributed by atoms with Crippen LogP contribution >= 0.6 is 0 Å². The zero-order valence-corrected chi connectivity index (χ0v) is 10.3. The van der Waals surface area contributed by atoms with Crippen molar-refractivity contribution in [2.45, 2.75) is 33.5 Å². The molecular weight excluding hydrogens is 212 g/mol. The van der Waals surface area contributed by atoms with Crippen molar-refractivity contribution in [2.75, 3.05) is 0 Å². The van der Waals surface area contributed by atoms with Crippen LogP contribution in [-0.2, 0) is 19.6 Å². The Kier molecular flexibility index (Phi) is 3.88. The monoisotopic (exact) mass is 230 g/mol. The van der Waals surface area contributed by atoms with Crippen molar-refractivity contribution in [3.05, 3.63) is 47.8 Å². The lowest BCUT2D eigenvalue weighted by Crippen LogP contribution is -2.16. The van der Waals surface area contributed by atoms with Crippen molar-refractivity contribution in [2.24, 2.45) is 0 Å². The van der Waals surface area contributed by atoms with Gasteiger partial charge in [-0.1, -0.05) is 0 Å². The van der Waals surface area contributed by atoms with Gasteiger partial charge < -0.3 is 9.88 Å². The number of aryl methyl sites for hydroxylation is 2. The van der Waals surface area contributed by atoms with Gasteiger partial charge in [0.2, 0.25) is 0 Å². The smallest absolute Gasteiger partial charge is 0.125 e. The minimum atomic E-state index is 0.776. The predicted octanol–water partition coefficient (Wildman–Crippen LogP) is 1.90. The fourth-order valence-electron chi connectivity index (χ4n) is 1.84. The summed E-state index contributed by atoms with van der Waals surface area (Å²) in [5.74, 6) is 0.821. The summed E-state index contributed by atoms with van der Waals surface area (Å²) < 4.78 is 2.23. The van der Waals surface area contributed by atoms with Crippen LogP contribution in [0.4, 0.5) is 0 Å². The van der Waals surface area contributed by atoms with Gasteiger partial charge in [-0.25, -0.2) is 9.97 Å². The Bertz CT molecular complexity index is 476. The maximum absolute atomic E-state index is 4.35. The van der Waals surface area contributed by atoms with Gasteiger partial charge in [-0.3, -0.25) is 0 Å². The van der Waals surface area contributed by atoms with Crippen molar-refractivity contribution in [1.82, 2.24) is 19.9 Å². The van der Waals surface area contributed by atoms with E-state index in [-0.39, 0.29) is 0 Å². The molecule has 17 heavy (non-hydrogen) atoms. The lowest BCUT2D eigenvalue weighted by molar-refractivity contribution is 0.620. The Hall–Kier alpha value is -1.68. The number of rotatable bonds is 5. The molecule has 4 heteroatoms. The average molecular weight is 230 g/mol. The zero-order valence-electron chi connectivity index (χ0n) is 10.3. The maximum Gasteiger partial charge on any atom is 0.125 e. The molecule has 2 rings (SSSR count). The van der Waals surface area contributed by atoms with Gasteiger partial charge in [0, 0.05) is 37.7 Å². The minimum Gasteiger partial charge on any atom is -0.351 e. The summed E-state index contributed by atoms with van der Waals surface area (Å²) in [4.78, 5) is 8.44. The molecule has 0 fully saturated rings. The highest BCUT2D eigenvalue weighted by molar-refractivity contribution is 5.07. The first-order valence-corrected chi connectivity index (χ1v) is 5.93. The maximum atomic E-state index is 4.35. The van der Waals surface area contributed by atoms with E-state index in [9.17, 15) is 0 Å². The van der Waals surface area contributed by atoms with Crippen LogP contribution in [0.25, 0.3) is 0 Å². The highest BCUT2D eigenvalue weighted by Crippen LogP contribution is 2.02. The van der Waals surface area contributed by atoms with Crippen LogP contribution in [0, 0.1) is 6.92 Å². The van der Waals surface area contributed by atoms with Gasteiger partial charge in [-0.2, -0.15) is 0 Å². The van der Waals surface area contributed by atoms with E-state index in [1.165, 1.54) is 5.69 Å². The minimum absolute atomic E-state index is 0.776. The Morgan fingerprint density at radius 3 is 2.94 bits per heavy atom. The standard InChI is InChI=1S/C13H18N4/c1-3-17-8-4-5-13(17)10-14-9-12-6-7-15-11(2)16-12/h4-8,14H,3,9-10H2,1-2H3. The highest BCUT2D eigenvalue weighted by Gasteiger charge is 1.99. The molecule has 0 saturated carbocycles. The quantitative estimate of drug-likeness (QED) is 0.853. The second kappa shape index (κ2) is 5.59. The second-order valence-corrected chi connectivity index (χ2v) is 3.98. The number of hydrogen-bond acceptors (Lipinski definition) is 3. The second-order valence-electron chi connectivity index (χ2n) is 3.98. The molecule has 1 N–H and O–H groups in total. The topological polar surface area (TPSA) is 42.7 Å². The first-order chi connectivity index (χ1) is 8.29. The normalized spacial score (nSPS) is 10.7. The van der Waals surface area contributed by atoms with Crippen molar-refractivity contribution in [3.8, 4) is 0 Å². The molecule has 2 aromatic rings. The molecule has 0 aromatic carbocycles. The summed E-state index contributed by atoms with van der Waals surface area (Å²) in [7, 11) is 0. The van der Waals surface area contributed by atoms with Gasteiger partial charge in [0.25, 0.3) is 0 Å². The molecule has 4 nitrogen and oxygen atoms in total. The Balaban J connectivity index is 1.87. The Morgan fingerprint density at radius 1 is 1.29 bits per heavy atom. The van der Waals surface area contributed by atoms with Crippen LogP contribution in [0.3, 0.4) is 0 Å². The molecule has 2 heterocycles. The van der Waals surface area contributed by atoms with E-state index in [4.69, 9.17) is 0 Å². The summed E-state index contributed by atoms with van der Waals surface area (Å²) in [6.45, 7) is 6.71. The van der Waals surface area contributed by atoms with Crippen LogP contribution in [0.1, 0.15) is 24.1 Å². The lowest BCUT2D eigenvalue weighted by Gasteiger charge is -2.07. The molecule has 0 unspecified atom stereocenters. The fourth-order valence-corrected chi connectivity index (χ4v) is 1.84. The molecule has 90 valence electrons. The molecule has 0 saturated heterocycles. The van der Waals surface area contributed by atoms with E-state index in [1.54, 1.807) is 6.20 Å². The van der Waals surface area contributed by atoms with Crippen molar-refractivity contribution >= 4 is 0 Å². The van der Waals surface area contributed by atoms with Gasteiger partial charge >= 0.3 is 0 Å². The van der Waals surface area contributed by atoms with E-state index in [2.05, 4.69) is 45.1 Å². The molecule has 0 bridgehead atoms. The largest absolute Gasteiger partial charge is 0.351 e. The summed E-state index contributed by atoms with van der Waals surface area (Å²) >= 11 is 0. The van der Waals surface area contributed by atoms with Crippen LogP contribution < -0.4 is 5.32 Å². The number of hydrogen-bond donors (Lipinski definition) is 1. The van der Waals surface area contributed by atoms with Gasteiger partial charge in [-0.05, 0) is 32.0 Å². The summed E-state index contributed by atoms with van der Waals surface area (Å²) in [6.07, 6.45) is 3.90. The average Bonchev–Trinajstić information content (AvgIpc) is 2.77. The van der Waals surface area contributed by atoms with E-state index in [0.717, 1.165) is 31.2 Å². The fraction of sp³-hybridized carbons (Fsp3) is 0.385. The molecule has 0 aliphatic carbocycles. The third-order valence-electron chi connectivity index (χ3n) is 2.71. The highest BCUT2D eigenvalue weighted by atomic mass is 15.0. The van der Waals surface area contributed by atoms with Crippen LogP contribution in [0.5, 0.6) is 0 Å².